The van der Waals surface area contributed by atoms with Gasteiger partial charge in [0.25, 0.3) is 5.91 Å². The van der Waals surface area contributed by atoms with Crippen LogP contribution in [-0.4, -0.2) is 23.8 Å². The van der Waals surface area contributed by atoms with Crippen LogP contribution in [0.5, 0.6) is 0 Å². The van der Waals surface area contributed by atoms with Gasteiger partial charge in [0.05, 0.1) is 5.54 Å². The number of carbonyl (C=O) groups is 2. The van der Waals surface area contributed by atoms with Gasteiger partial charge in [0, 0.05) is 6.54 Å². The first kappa shape index (κ1) is 10.6. The van der Waals surface area contributed by atoms with E-state index in [1.54, 1.807) is 0 Å². The second-order valence-electron chi connectivity index (χ2n) is 4.83. The van der Waals surface area contributed by atoms with Crippen LogP contribution in [0.2, 0.25) is 0 Å². The molecule has 0 unspecified atom stereocenters. The van der Waals surface area contributed by atoms with Gasteiger partial charge < -0.3 is 11.1 Å². The molecule has 0 heterocycles. The smallest absolute Gasteiger partial charge is 0.289 e. The third-order valence-corrected chi connectivity index (χ3v) is 3.52. The van der Waals surface area contributed by atoms with Gasteiger partial charge in [-0.3, -0.25) is 9.59 Å². The van der Waals surface area contributed by atoms with Crippen molar-refractivity contribution >= 4 is 11.7 Å². The Kier molecular flexibility index (Phi) is 2.54. The SMILES string of the molecule is CC[C@H]1C[C@]1(N)C(=O)C(=O)NCC1CC1. The number of nitrogens with one attached hydrogen (secondary N) is 1. The lowest BCUT2D eigenvalue weighted by atomic mass is 10.1. The molecule has 84 valence electrons. The zero-order valence-corrected chi connectivity index (χ0v) is 9.08. The zero-order valence-electron chi connectivity index (χ0n) is 9.08. The standard InChI is InChI=1S/C11H18N2O2/c1-2-8-5-11(8,12)9(14)10(15)13-6-7-3-4-7/h7-8H,2-6,12H2,1H3,(H,13,15)/t8-,11+/m0/s1. The van der Waals surface area contributed by atoms with Crippen molar-refractivity contribution in [3.05, 3.63) is 0 Å². The predicted molar refractivity (Wildman–Crippen MR) is 56.1 cm³/mol. The maximum atomic E-state index is 11.7. The topological polar surface area (TPSA) is 72.2 Å². The van der Waals surface area contributed by atoms with Crippen molar-refractivity contribution in [2.75, 3.05) is 6.54 Å². The Morgan fingerprint density at radius 2 is 2.13 bits per heavy atom. The largest absolute Gasteiger partial charge is 0.349 e. The third-order valence-electron chi connectivity index (χ3n) is 3.52. The van der Waals surface area contributed by atoms with E-state index in [0.717, 1.165) is 6.42 Å². The van der Waals surface area contributed by atoms with Crippen molar-refractivity contribution < 1.29 is 9.59 Å². The van der Waals surface area contributed by atoms with Crippen LogP contribution >= 0.6 is 0 Å². The summed E-state index contributed by atoms with van der Waals surface area (Å²) in [5.74, 6) is -0.108. The van der Waals surface area contributed by atoms with E-state index in [0.29, 0.717) is 18.9 Å². The van der Waals surface area contributed by atoms with Crippen molar-refractivity contribution in [3.8, 4) is 0 Å². The van der Waals surface area contributed by atoms with Gasteiger partial charge in [-0.1, -0.05) is 13.3 Å². The minimum atomic E-state index is -0.845. The van der Waals surface area contributed by atoms with Crippen molar-refractivity contribution in [1.29, 1.82) is 0 Å². The molecular weight excluding hydrogens is 192 g/mol. The predicted octanol–water partition coefficient (Wildman–Crippen LogP) is 0.209. The lowest BCUT2D eigenvalue weighted by molar-refractivity contribution is -0.139. The fraction of sp³-hybridized carbons (Fsp3) is 0.818. The Bertz CT molecular complexity index is 299. The van der Waals surface area contributed by atoms with Gasteiger partial charge in [0.1, 0.15) is 0 Å². The molecule has 0 bridgehead atoms. The minimum Gasteiger partial charge on any atom is -0.349 e. The number of carbonyl (C=O) groups excluding carboxylic acids is 2. The van der Waals surface area contributed by atoms with E-state index < -0.39 is 17.2 Å². The molecule has 4 heteroatoms. The van der Waals surface area contributed by atoms with E-state index in [1.807, 2.05) is 6.92 Å². The number of Topliss-reactive ketones (excluding diaryl/α,β-unsaturated/α-hetero) is 1. The van der Waals surface area contributed by atoms with Gasteiger partial charge in [-0.05, 0) is 31.1 Å². The van der Waals surface area contributed by atoms with E-state index in [9.17, 15) is 9.59 Å². The summed E-state index contributed by atoms with van der Waals surface area (Å²) in [4.78, 5) is 23.2. The molecule has 0 saturated heterocycles. The van der Waals surface area contributed by atoms with Crippen LogP contribution in [0.3, 0.4) is 0 Å². The number of nitrogens with two attached hydrogens (primary N) is 1. The van der Waals surface area contributed by atoms with Crippen LogP contribution < -0.4 is 11.1 Å². The first-order valence-electron chi connectivity index (χ1n) is 5.69. The van der Waals surface area contributed by atoms with Crippen LogP contribution in [0, 0.1) is 11.8 Å². The van der Waals surface area contributed by atoms with Crippen LogP contribution in [0.4, 0.5) is 0 Å². The van der Waals surface area contributed by atoms with E-state index in [1.165, 1.54) is 12.8 Å². The highest BCUT2D eigenvalue weighted by atomic mass is 16.2. The Balaban J connectivity index is 1.82. The van der Waals surface area contributed by atoms with Gasteiger partial charge in [-0.2, -0.15) is 0 Å². The van der Waals surface area contributed by atoms with Crippen molar-refractivity contribution in [2.24, 2.45) is 17.6 Å². The van der Waals surface area contributed by atoms with Gasteiger partial charge in [-0.25, -0.2) is 0 Å². The minimum absolute atomic E-state index is 0.205. The zero-order chi connectivity index (χ0) is 11.1. The molecule has 1 amide bonds. The monoisotopic (exact) mass is 210 g/mol. The molecule has 15 heavy (non-hydrogen) atoms. The second kappa shape index (κ2) is 3.59. The van der Waals surface area contributed by atoms with Crippen LogP contribution in [-0.2, 0) is 9.59 Å². The summed E-state index contributed by atoms with van der Waals surface area (Å²) in [5.41, 5.74) is 5.01. The summed E-state index contributed by atoms with van der Waals surface area (Å²) in [6, 6.07) is 0. The molecule has 3 N–H and O–H groups in total. The lowest BCUT2D eigenvalue weighted by Crippen LogP contribution is -2.46. The molecule has 2 fully saturated rings. The van der Waals surface area contributed by atoms with E-state index in [-0.39, 0.29) is 5.92 Å². The molecular formula is C11H18N2O2. The average Bonchev–Trinajstić information content (AvgIpc) is 3.10. The quantitative estimate of drug-likeness (QED) is 0.637. The Morgan fingerprint density at radius 3 is 2.60 bits per heavy atom. The molecule has 0 aromatic carbocycles. The number of ketones is 1. The molecule has 0 radical (unpaired) electrons. The Hall–Kier alpha value is -0.900. The highest BCUT2D eigenvalue weighted by Gasteiger charge is 2.57. The normalized spacial score (nSPS) is 33.6. The van der Waals surface area contributed by atoms with Gasteiger partial charge in [0.15, 0.2) is 0 Å². The highest BCUT2D eigenvalue weighted by Crippen LogP contribution is 2.44. The number of rotatable bonds is 5. The maximum Gasteiger partial charge on any atom is 0.289 e. The number of amides is 1. The molecule has 0 aliphatic heterocycles. The molecule has 0 aromatic rings. The average molecular weight is 210 g/mol. The molecule has 0 spiro atoms. The summed E-state index contributed by atoms with van der Waals surface area (Å²) >= 11 is 0. The summed E-state index contributed by atoms with van der Waals surface area (Å²) in [5, 5.41) is 2.67. The molecule has 2 rings (SSSR count). The summed E-state index contributed by atoms with van der Waals surface area (Å²) in [6.45, 7) is 2.63. The van der Waals surface area contributed by atoms with Crippen LogP contribution in [0.25, 0.3) is 0 Å². The molecule has 2 aliphatic carbocycles. The number of hydrogen-bond donors (Lipinski definition) is 2. The Morgan fingerprint density at radius 1 is 1.47 bits per heavy atom. The Labute approximate surface area is 89.6 Å². The second-order valence-corrected chi connectivity index (χ2v) is 4.83. The molecule has 2 aliphatic rings. The van der Waals surface area contributed by atoms with Crippen molar-refractivity contribution in [3.63, 3.8) is 0 Å². The first-order chi connectivity index (χ1) is 7.08. The van der Waals surface area contributed by atoms with Gasteiger partial charge in [0.2, 0.25) is 5.78 Å². The number of hydrogen-bond acceptors (Lipinski definition) is 3. The van der Waals surface area contributed by atoms with Gasteiger partial charge >= 0.3 is 0 Å². The van der Waals surface area contributed by atoms with Crippen LogP contribution in [0.15, 0.2) is 0 Å². The first-order valence-corrected chi connectivity index (χ1v) is 5.69. The molecule has 0 aromatic heterocycles. The van der Waals surface area contributed by atoms with Crippen molar-refractivity contribution in [1.82, 2.24) is 5.32 Å². The van der Waals surface area contributed by atoms with E-state index in [4.69, 9.17) is 5.73 Å². The molecule has 4 nitrogen and oxygen atoms in total. The van der Waals surface area contributed by atoms with E-state index >= 15 is 0 Å². The fourth-order valence-electron chi connectivity index (χ4n) is 1.99. The van der Waals surface area contributed by atoms with Gasteiger partial charge in [-0.15, -0.1) is 0 Å². The summed E-state index contributed by atoms with van der Waals surface area (Å²) in [6.07, 6.45) is 3.87. The molecule has 2 atom stereocenters. The summed E-state index contributed by atoms with van der Waals surface area (Å²) in [7, 11) is 0. The third kappa shape index (κ3) is 2.04. The maximum absolute atomic E-state index is 11.7. The highest BCUT2D eigenvalue weighted by molar-refractivity contribution is 6.40. The van der Waals surface area contributed by atoms with E-state index in [2.05, 4.69) is 5.32 Å². The molecule has 2 saturated carbocycles. The van der Waals surface area contributed by atoms with Crippen LogP contribution in [0.1, 0.15) is 32.6 Å². The summed E-state index contributed by atoms with van der Waals surface area (Å²) < 4.78 is 0. The lowest BCUT2D eigenvalue weighted by Gasteiger charge is -2.09. The fourth-order valence-corrected chi connectivity index (χ4v) is 1.99. The van der Waals surface area contributed by atoms with Crippen molar-refractivity contribution in [2.45, 2.75) is 38.1 Å².